The summed E-state index contributed by atoms with van der Waals surface area (Å²) in [7, 11) is 0. The van der Waals surface area contributed by atoms with Crippen LogP contribution in [0.5, 0.6) is 0 Å². The molecule has 7 heteroatoms. The van der Waals surface area contributed by atoms with Crippen LogP contribution in [0.3, 0.4) is 0 Å². The van der Waals surface area contributed by atoms with Gasteiger partial charge in [0.1, 0.15) is 0 Å². The number of likely N-dealkylation sites (tertiary alicyclic amines) is 1. The molecule has 1 saturated heterocycles. The highest BCUT2D eigenvalue weighted by atomic mass is 32.2. The van der Waals surface area contributed by atoms with Crippen molar-refractivity contribution in [3.8, 4) is 0 Å². The molecule has 1 aromatic rings. The minimum absolute atomic E-state index is 0.0171. The van der Waals surface area contributed by atoms with Crippen LogP contribution < -0.4 is 5.73 Å². The van der Waals surface area contributed by atoms with Crippen molar-refractivity contribution in [3.63, 3.8) is 0 Å². The zero-order valence-corrected chi connectivity index (χ0v) is 12.7. The largest absolute Gasteiger partial charge is 0.409 e. The first-order valence-electron chi connectivity index (χ1n) is 6.68. The summed E-state index contributed by atoms with van der Waals surface area (Å²) in [6.07, 6.45) is 2.72. The monoisotopic (exact) mass is 311 g/mol. The molecule has 20 heavy (non-hydrogen) atoms. The second kappa shape index (κ2) is 5.65. The van der Waals surface area contributed by atoms with E-state index in [-0.39, 0.29) is 17.8 Å². The van der Waals surface area contributed by atoms with Gasteiger partial charge >= 0.3 is 0 Å². The molecule has 0 spiro atoms. The number of amidine groups is 1. The second-order valence-corrected chi connectivity index (χ2v) is 7.29. The summed E-state index contributed by atoms with van der Waals surface area (Å²) in [4.78, 5) is 16.5. The molecule has 3 heterocycles. The number of aryl methyl sites for hydroxylation is 1. The first-order chi connectivity index (χ1) is 9.70. The van der Waals surface area contributed by atoms with Gasteiger partial charge in [-0.25, -0.2) is 0 Å². The minimum atomic E-state index is -0.263. The van der Waals surface area contributed by atoms with Crippen LogP contribution in [0, 0.1) is 0 Å². The van der Waals surface area contributed by atoms with Gasteiger partial charge in [-0.15, -0.1) is 11.3 Å². The van der Waals surface area contributed by atoms with E-state index >= 15 is 0 Å². The Hall–Kier alpha value is -1.21. The Bertz CT molecular complexity index is 532. The average molecular weight is 311 g/mol. The fraction of sp³-hybridized carbons (Fsp3) is 0.538. The Labute approximate surface area is 125 Å². The van der Waals surface area contributed by atoms with E-state index in [2.05, 4.69) is 5.16 Å². The van der Waals surface area contributed by atoms with Gasteiger partial charge in [0.25, 0.3) is 5.91 Å². The number of hydrogen-bond donors (Lipinski definition) is 2. The van der Waals surface area contributed by atoms with Gasteiger partial charge in [0.2, 0.25) is 0 Å². The van der Waals surface area contributed by atoms with Gasteiger partial charge in [0, 0.05) is 17.2 Å². The SMILES string of the molecule is NC(=NO)C1CCCN1C(=O)c1cc2c(s1)CCSC2. The standard InChI is InChI=1S/C13H17N3O2S2/c14-12(15-18)9-2-1-4-16(9)13(17)11-6-8-7-19-5-3-10(8)20-11/h6,9,18H,1-5,7H2,(H2,14,15). The highest BCUT2D eigenvalue weighted by Gasteiger charge is 2.33. The van der Waals surface area contributed by atoms with Crippen molar-refractivity contribution in [1.29, 1.82) is 0 Å². The molecule has 1 amide bonds. The van der Waals surface area contributed by atoms with Gasteiger partial charge in [-0.05, 0) is 36.6 Å². The lowest BCUT2D eigenvalue weighted by atomic mass is 10.2. The maximum Gasteiger partial charge on any atom is 0.264 e. The number of carbonyl (C=O) groups excluding carboxylic acids is 1. The summed E-state index contributed by atoms with van der Waals surface area (Å²) in [5.41, 5.74) is 6.99. The quantitative estimate of drug-likeness (QED) is 0.378. The Morgan fingerprint density at radius 3 is 3.15 bits per heavy atom. The molecule has 1 unspecified atom stereocenters. The molecule has 5 nitrogen and oxygen atoms in total. The van der Waals surface area contributed by atoms with E-state index in [9.17, 15) is 4.79 Å². The molecule has 0 radical (unpaired) electrons. The number of carbonyl (C=O) groups is 1. The van der Waals surface area contributed by atoms with Crippen LogP contribution in [0.15, 0.2) is 11.2 Å². The number of nitrogens with zero attached hydrogens (tertiary/aromatic N) is 2. The molecule has 1 aromatic heterocycles. The van der Waals surface area contributed by atoms with Gasteiger partial charge in [0.15, 0.2) is 5.84 Å². The number of rotatable bonds is 2. The topological polar surface area (TPSA) is 78.9 Å². The number of thiophene rings is 1. The predicted molar refractivity (Wildman–Crippen MR) is 81.7 cm³/mol. The fourth-order valence-electron chi connectivity index (χ4n) is 2.78. The van der Waals surface area contributed by atoms with Gasteiger partial charge < -0.3 is 15.8 Å². The lowest BCUT2D eigenvalue weighted by molar-refractivity contribution is 0.0772. The van der Waals surface area contributed by atoms with Crippen LogP contribution in [-0.2, 0) is 12.2 Å². The Balaban J connectivity index is 1.83. The van der Waals surface area contributed by atoms with E-state index in [1.54, 1.807) is 16.2 Å². The van der Waals surface area contributed by atoms with Crippen molar-refractivity contribution >= 4 is 34.8 Å². The van der Waals surface area contributed by atoms with E-state index in [0.29, 0.717) is 6.54 Å². The first kappa shape index (κ1) is 13.8. The number of nitrogens with two attached hydrogens (primary N) is 1. The van der Waals surface area contributed by atoms with Crippen molar-refractivity contribution in [3.05, 3.63) is 21.4 Å². The molecule has 0 aliphatic carbocycles. The van der Waals surface area contributed by atoms with Crippen molar-refractivity contribution < 1.29 is 10.0 Å². The summed E-state index contributed by atoms with van der Waals surface area (Å²) in [6.45, 7) is 0.678. The molecule has 2 aliphatic rings. The number of hydrogen-bond acceptors (Lipinski definition) is 5. The van der Waals surface area contributed by atoms with E-state index in [1.807, 2.05) is 17.8 Å². The van der Waals surface area contributed by atoms with Crippen LogP contribution in [-0.4, -0.2) is 40.2 Å². The molecular weight excluding hydrogens is 294 g/mol. The lowest BCUT2D eigenvalue weighted by Gasteiger charge is -2.22. The third kappa shape index (κ3) is 2.40. The van der Waals surface area contributed by atoms with Gasteiger partial charge in [-0.3, -0.25) is 4.79 Å². The molecule has 0 bridgehead atoms. The van der Waals surface area contributed by atoms with Crippen LogP contribution in [0.1, 0.15) is 33.0 Å². The maximum atomic E-state index is 12.6. The summed E-state index contributed by atoms with van der Waals surface area (Å²) >= 11 is 3.52. The van der Waals surface area contributed by atoms with E-state index in [0.717, 1.165) is 35.6 Å². The smallest absolute Gasteiger partial charge is 0.264 e. The molecule has 0 saturated carbocycles. The summed E-state index contributed by atoms with van der Waals surface area (Å²) in [5, 5.41) is 11.9. The zero-order valence-electron chi connectivity index (χ0n) is 11.0. The minimum Gasteiger partial charge on any atom is -0.409 e. The molecule has 0 aromatic carbocycles. The highest BCUT2D eigenvalue weighted by molar-refractivity contribution is 7.98. The molecule has 1 atom stereocenters. The summed E-state index contributed by atoms with van der Waals surface area (Å²) in [5.74, 6) is 2.29. The van der Waals surface area contributed by atoms with Gasteiger partial charge in [-0.2, -0.15) is 11.8 Å². The van der Waals surface area contributed by atoms with E-state index in [1.165, 1.54) is 10.4 Å². The van der Waals surface area contributed by atoms with Crippen LogP contribution >= 0.6 is 23.1 Å². The van der Waals surface area contributed by atoms with Crippen LogP contribution in [0.25, 0.3) is 0 Å². The molecule has 3 N–H and O–H groups in total. The van der Waals surface area contributed by atoms with Gasteiger partial charge in [0.05, 0.1) is 10.9 Å². The molecule has 3 rings (SSSR count). The zero-order chi connectivity index (χ0) is 14.1. The fourth-order valence-corrected chi connectivity index (χ4v) is 5.11. The number of thioether (sulfide) groups is 1. The molecular formula is C13H17N3O2S2. The second-order valence-electron chi connectivity index (χ2n) is 5.04. The van der Waals surface area contributed by atoms with E-state index in [4.69, 9.17) is 10.9 Å². The normalized spacial score (nSPS) is 22.9. The number of oxime groups is 1. The van der Waals surface area contributed by atoms with Crippen molar-refractivity contribution in [1.82, 2.24) is 4.90 Å². The number of fused-ring (bicyclic) bond motifs is 1. The van der Waals surface area contributed by atoms with E-state index < -0.39 is 0 Å². The first-order valence-corrected chi connectivity index (χ1v) is 8.65. The van der Waals surface area contributed by atoms with Crippen molar-refractivity contribution in [2.75, 3.05) is 12.3 Å². The lowest BCUT2D eigenvalue weighted by Crippen LogP contribution is -2.43. The molecule has 108 valence electrons. The highest BCUT2D eigenvalue weighted by Crippen LogP contribution is 2.33. The summed E-state index contributed by atoms with van der Waals surface area (Å²) < 4.78 is 0. The summed E-state index contributed by atoms with van der Waals surface area (Å²) in [6, 6.07) is 1.76. The third-order valence-electron chi connectivity index (χ3n) is 3.81. The Morgan fingerprint density at radius 2 is 2.40 bits per heavy atom. The van der Waals surface area contributed by atoms with Crippen molar-refractivity contribution in [2.24, 2.45) is 10.9 Å². The Morgan fingerprint density at radius 1 is 1.55 bits per heavy atom. The predicted octanol–water partition coefficient (Wildman–Crippen LogP) is 1.89. The Kier molecular flexibility index (Phi) is 3.89. The van der Waals surface area contributed by atoms with Gasteiger partial charge in [-0.1, -0.05) is 5.16 Å². The van der Waals surface area contributed by atoms with Crippen LogP contribution in [0.2, 0.25) is 0 Å². The third-order valence-corrected chi connectivity index (χ3v) is 6.04. The number of amides is 1. The molecule has 1 fully saturated rings. The average Bonchev–Trinajstić information content (AvgIpc) is 3.11. The maximum absolute atomic E-state index is 12.6. The molecule has 2 aliphatic heterocycles. The van der Waals surface area contributed by atoms with Crippen LogP contribution in [0.4, 0.5) is 0 Å². The van der Waals surface area contributed by atoms with Crippen molar-refractivity contribution in [2.45, 2.75) is 31.1 Å².